The van der Waals surface area contributed by atoms with Crippen LogP contribution in [0.1, 0.15) is 26.3 Å². The van der Waals surface area contributed by atoms with Gasteiger partial charge in [0.15, 0.2) is 0 Å². The van der Waals surface area contributed by atoms with Crippen molar-refractivity contribution in [2.75, 3.05) is 19.6 Å². The van der Waals surface area contributed by atoms with E-state index in [1.807, 2.05) is 42.2 Å². The Labute approximate surface area is 126 Å². The van der Waals surface area contributed by atoms with Crippen LogP contribution in [0.15, 0.2) is 30.3 Å². The van der Waals surface area contributed by atoms with E-state index in [2.05, 4.69) is 23.9 Å². The van der Waals surface area contributed by atoms with Gasteiger partial charge >= 0.3 is 0 Å². The summed E-state index contributed by atoms with van der Waals surface area (Å²) in [4.78, 5) is 23.0. The summed E-state index contributed by atoms with van der Waals surface area (Å²) in [5.74, 6) is 0.212. The molecule has 0 aliphatic carbocycles. The smallest absolute Gasteiger partial charge is 0.293 e. The van der Waals surface area contributed by atoms with Crippen molar-refractivity contribution in [1.82, 2.24) is 10.2 Å². The molecule has 21 heavy (non-hydrogen) atoms. The van der Waals surface area contributed by atoms with E-state index < -0.39 is 0 Å². The highest BCUT2D eigenvalue weighted by atomic mass is 16.5. The first-order chi connectivity index (χ1) is 10.0. The van der Waals surface area contributed by atoms with E-state index >= 15 is 0 Å². The summed E-state index contributed by atoms with van der Waals surface area (Å²) in [6.45, 7) is 9.21. The van der Waals surface area contributed by atoms with Gasteiger partial charge < -0.3 is 15.0 Å². The molecule has 1 aliphatic rings. The average molecular weight is 292 g/mol. The first kappa shape index (κ1) is 17.2. The zero-order valence-corrected chi connectivity index (χ0v) is 13.0. The molecule has 1 N–H and O–H groups in total. The molecule has 1 amide bonds. The number of carbonyl (C=O) groups is 2. The van der Waals surface area contributed by atoms with Crippen molar-refractivity contribution in [3.05, 3.63) is 35.9 Å². The third kappa shape index (κ3) is 5.55. The number of ether oxygens (including phenoxy) is 1. The number of rotatable bonds is 4. The fraction of sp³-hybridized carbons (Fsp3) is 0.500. The monoisotopic (exact) mass is 292 g/mol. The van der Waals surface area contributed by atoms with Crippen LogP contribution in [0.4, 0.5) is 0 Å². The second kappa shape index (κ2) is 8.42. The van der Waals surface area contributed by atoms with Gasteiger partial charge in [0.05, 0.1) is 6.54 Å². The summed E-state index contributed by atoms with van der Waals surface area (Å²) >= 11 is 0. The Bertz CT molecular complexity index is 446. The van der Waals surface area contributed by atoms with E-state index in [0.717, 1.165) is 18.7 Å². The highest BCUT2D eigenvalue weighted by Crippen LogP contribution is 2.15. The molecular formula is C16H24N2O3. The minimum absolute atomic E-state index is 0.00984. The molecule has 0 spiro atoms. The minimum atomic E-state index is -0.00984. The molecule has 5 nitrogen and oxygen atoms in total. The maximum absolute atomic E-state index is 11.3. The number of hydrogen-bond acceptors (Lipinski definition) is 4. The van der Waals surface area contributed by atoms with Gasteiger partial charge in [-0.15, -0.1) is 0 Å². The molecule has 1 aliphatic heterocycles. The van der Waals surface area contributed by atoms with Crippen molar-refractivity contribution in [3.63, 3.8) is 0 Å². The molecule has 1 heterocycles. The fourth-order valence-corrected chi connectivity index (χ4v) is 2.31. The van der Waals surface area contributed by atoms with Crippen LogP contribution < -0.4 is 5.32 Å². The molecular weight excluding hydrogens is 268 g/mol. The first-order valence-electron chi connectivity index (χ1n) is 7.11. The maximum atomic E-state index is 11.3. The molecule has 116 valence electrons. The van der Waals surface area contributed by atoms with Gasteiger partial charge in [0.25, 0.3) is 6.47 Å². The molecule has 0 aromatic heterocycles. The van der Waals surface area contributed by atoms with Crippen LogP contribution >= 0.6 is 0 Å². The quantitative estimate of drug-likeness (QED) is 0.856. The second-order valence-corrected chi connectivity index (χ2v) is 5.45. The molecule has 1 aromatic carbocycles. The standard InChI is InChI=1S/C8H16N2O.C8H8O2/c1-4-10-7(11)5-9-6-8(10,2)3;9-7-10-6-8-4-2-1-3-5-8/h9H,4-6H2,1-3H3;1-5,7H,6H2. The predicted octanol–water partition coefficient (Wildman–Crippen LogP) is 1.58. The zero-order valence-electron chi connectivity index (χ0n) is 13.0. The normalized spacial score (nSPS) is 16.7. The summed E-state index contributed by atoms with van der Waals surface area (Å²) in [6.07, 6.45) is 0. The molecule has 0 atom stereocenters. The molecule has 1 aromatic rings. The van der Waals surface area contributed by atoms with Gasteiger partial charge in [-0.3, -0.25) is 9.59 Å². The van der Waals surface area contributed by atoms with E-state index in [4.69, 9.17) is 0 Å². The number of piperazine rings is 1. The SMILES string of the molecule is CCN1C(=O)CNCC1(C)C.O=COCc1ccccc1. The lowest BCUT2D eigenvalue weighted by atomic mass is 10.0. The van der Waals surface area contributed by atoms with Crippen LogP contribution in [0.5, 0.6) is 0 Å². The lowest BCUT2D eigenvalue weighted by Crippen LogP contribution is -2.60. The molecule has 0 bridgehead atoms. The predicted molar refractivity (Wildman–Crippen MR) is 81.6 cm³/mol. The number of nitrogens with one attached hydrogen (secondary N) is 1. The fourth-order valence-electron chi connectivity index (χ4n) is 2.31. The third-order valence-electron chi connectivity index (χ3n) is 3.34. The van der Waals surface area contributed by atoms with E-state index in [9.17, 15) is 9.59 Å². The maximum Gasteiger partial charge on any atom is 0.293 e. The molecule has 2 rings (SSSR count). The Morgan fingerprint density at radius 3 is 2.48 bits per heavy atom. The van der Waals surface area contributed by atoms with Crippen molar-refractivity contribution in [2.24, 2.45) is 0 Å². The van der Waals surface area contributed by atoms with Gasteiger partial charge in [-0.05, 0) is 26.3 Å². The topological polar surface area (TPSA) is 58.6 Å². The van der Waals surface area contributed by atoms with Gasteiger partial charge in [0, 0.05) is 18.6 Å². The lowest BCUT2D eigenvalue weighted by Gasteiger charge is -2.42. The van der Waals surface area contributed by atoms with E-state index in [1.165, 1.54) is 0 Å². The molecule has 0 unspecified atom stereocenters. The van der Waals surface area contributed by atoms with Crippen molar-refractivity contribution in [2.45, 2.75) is 32.9 Å². The van der Waals surface area contributed by atoms with Crippen LogP contribution in [0.25, 0.3) is 0 Å². The summed E-state index contributed by atoms with van der Waals surface area (Å²) in [6, 6.07) is 9.55. The number of carbonyl (C=O) groups excluding carboxylic acids is 2. The van der Waals surface area contributed by atoms with Crippen LogP contribution in [-0.4, -0.2) is 42.5 Å². The van der Waals surface area contributed by atoms with Crippen molar-refractivity contribution < 1.29 is 14.3 Å². The van der Waals surface area contributed by atoms with E-state index in [-0.39, 0.29) is 11.4 Å². The van der Waals surface area contributed by atoms with Crippen LogP contribution in [-0.2, 0) is 20.9 Å². The van der Waals surface area contributed by atoms with Gasteiger partial charge in [-0.25, -0.2) is 0 Å². The summed E-state index contributed by atoms with van der Waals surface area (Å²) in [7, 11) is 0. The van der Waals surface area contributed by atoms with Crippen LogP contribution in [0, 0.1) is 0 Å². The number of likely N-dealkylation sites (N-methyl/N-ethyl adjacent to an activating group) is 1. The van der Waals surface area contributed by atoms with Gasteiger partial charge in [0.2, 0.25) is 5.91 Å². The highest BCUT2D eigenvalue weighted by molar-refractivity contribution is 5.79. The van der Waals surface area contributed by atoms with Crippen molar-refractivity contribution in [3.8, 4) is 0 Å². The molecule has 0 radical (unpaired) electrons. The van der Waals surface area contributed by atoms with Crippen LogP contribution in [0.2, 0.25) is 0 Å². The third-order valence-corrected chi connectivity index (χ3v) is 3.34. The zero-order chi connectivity index (χ0) is 15.7. The molecule has 1 saturated heterocycles. The van der Waals surface area contributed by atoms with Crippen molar-refractivity contribution >= 4 is 12.4 Å². The number of benzene rings is 1. The Morgan fingerprint density at radius 1 is 1.33 bits per heavy atom. The number of hydrogen-bond donors (Lipinski definition) is 1. The van der Waals surface area contributed by atoms with Crippen LogP contribution in [0.3, 0.4) is 0 Å². The van der Waals surface area contributed by atoms with Gasteiger partial charge in [-0.2, -0.15) is 0 Å². The Hall–Kier alpha value is -1.88. The molecule has 1 fully saturated rings. The summed E-state index contributed by atoms with van der Waals surface area (Å²) in [5.41, 5.74) is 0.999. The minimum Gasteiger partial charge on any atom is -0.463 e. The largest absolute Gasteiger partial charge is 0.463 e. The average Bonchev–Trinajstić information content (AvgIpc) is 2.46. The molecule has 5 heteroatoms. The number of amides is 1. The Kier molecular flexibility index (Phi) is 6.88. The molecule has 0 saturated carbocycles. The second-order valence-electron chi connectivity index (χ2n) is 5.45. The van der Waals surface area contributed by atoms with E-state index in [0.29, 0.717) is 19.6 Å². The van der Waals surface area contributed by atoms with Crippen molar-refractivity contribution in [1.29, 1.82) is 0 Å². The van der Waals surface area contributed by atoms with Gasteiger partial charge in [0.1, 0.15) is 6.61 Å². The Morgan fingerprint density at radius 2 is 2.00 bits per heavy atom. The number of nitrogens with zero attached hydrogens (tertiary/aromatic N) is 1. The Balaban J connectivity index is 0.000000211. The van der Waals surface area contributed by atoms with E-state index in [1.54, 1.807) is 0 Å². The summed E-state index contributed by atoms with van der Waals surface area (Å²) in [5, 5.41) is 3.10. The summed E-state index contributed by atoms with van der Waals surface area (Å²) < 4.78 is 4.54. The first-order valence-corrected chi connectivity index (χ1v) is 7.11. The lowest BCUT2D eigenvalue weighted by molar-refractivity contribution is -0.138. The highest BCUT2D eigenvalue weighted by Gasteiger charge is 2.32. The van der Waals surface area contributed by atoms with Gasteiger partial charge in [-0.1, -0.05) is 30.3 Å².